The van der Waals surface area contributed by atoms with E-state index < -0.39 is 40.8 Å². The van der Waals surface area contributed by atoms with Crippen molar-refractivity contribution >= 4 is 52.7 Å². The van der Waals surface area contributed by atoms with E-state index in [1.165, 1.54) is 12.1 Å². The quantitative estimate of drug-likeness (QED) is 0.459. The zero-order valence-corrected chi connectivity index (χ0v) is 15.6. The first-order valence-corrected chi connectivity index (χ1v) is 8.35. The van der Waals surface area contributed by atoms with Crippen molar-refractivity contribution in [1.82, 2.24) is 10.2 Å². The summed E-state index contributed by atoms with van der Waals surface area (Å²) in [6.07, 6.45) is -2.70. The summed E-state index contributed by atoms with van der Waals surface area (Å²) in [4.78, 5) is 37.0. The van der Waals surface area contributed by atoms with Crippen LogP contribution in [-0.4, -0.2) is 45.7 Å². The van der Waals surface area contributed by atoms with Gasteiger partial charge in [-0.1, -0.05) is 46.9 Å². The van der Waals surface area contributed by atoms with Gasteiger partial charge in [0.05, 0.1) is 17.2 Å². The molecule has 0 radical (unpaired) electrons. The molecule has 0 aliphatic carbocycles. The normalized spacial score (nSPS) is 15.4. The minimum Gasteiger partial charge on any atom is -0.447 e. The van der Waals surface area contributed by atoms with E-state index in [9.17, 15) is 14.4 Å². The second-order valence-electron chi connectivity index (χ2n) is 5.40. The molecule has 3 amide bonds. The van der Waals surface area contributed by atoms with Crippen LogP contribution in [-0.2, 0) is 9.47 Å². The van der Waals surface area contributed by atoms with Gasteiger partial charge in [0.2, 0.25) is 3.79 Å². The van der Waals surface area contributed by atoms with E-state index in [0.29, 0.717) is 0 Å². The van der Waals surface area contributed by atoms with Crippen molar-refractivity contribution < 1.29 is 23.9 Å². The molecule has 1 heterocycles. The SMILES string of the molecule is CC(C)OC(=O)NC(OCN1C(=O)c2ccccc2C1=O)C(Cl)(Cl)Cl. The van der Waals surface area contributed by atoms with Crippen molar-refractivity contribution in [2.24, 2.45) is 0 Å². The Hall–Kier alpha value is -1.54. The lowest BCUT2D eigenvalue weighted by molar-refractivity contribution is -0.0204. The zero-order chi connectivity index (χ0) is 18.8. The predicted octanol–water partition coefficient (Wildman–Crippen LogP) is 3.09. The van der Waals surface area contributed by atoms with Crippen LogP contribution in [0.5, 0.6) is 0 Å². The number of carbonyl (C=O) groups excluding carboxylic acids is 3. The molecule has 0 saturated heterocycles. The monoisotopic (exact) mass is 408 g/mol. The first-order valence-electron chi connectivity index (χ1n) is 7.22. The fraction of sp³-hybridized carbons (Fsp3) is 0.400. The molecule has 1 aromatic rings. The van der Waals surface area contributed by atoms with Crippen molar-refractivity contribution in [3.63, 3.8) is 0 Å². The highest BCUT2D eigenvalue weighted by Crippen LogP contribution is 2.32. The van der Waals surface area contributed by atoms with Crippen LogP contribution in [0.4, 0.5) is 4.79 Å². The van der Waals surface area contributed by atoms with E-state index in [-0.39, 0.29) is 11.1 Å². The van der Waals surface area contributed by atoms with Crippen LogP contribution in [0.15, 0.2) is 24.3 Å². The summed E-state index contributed by atoms with van der Waals surface area (Å²) in [6, 6.07) is 6.34. The highest BCUT2D eigenvalue weighted by Gasteiger charge is 2.39. The van der Waals surface area contributed by atoms with E-state index in [2.05, 4.69) is 5.32 Å². The molecular formula is C15H15Cl3N2O5. The number of carbonyl (C=O) groups is 3. The molecule has 7 nitrogen and oxygen atoms in total. The van der Waals surface area contributed by atoms with Gasteiger partial charge in [-0.3, -0.25) is 14.9 Å². The molecule has 10 heteroatoms. The maximum Gasteiger partial charge on any atom is 0.409 e. The fourth-order valence-electron chi connectivity index (χ4n) is 2.08. The Morgan fingerprint density at radius 2 is 1.68 bits per heavy atom. The van der Waals surface area contributed by atoms with E-state index in [1.54, 1.807) is 26.0 Å². The van der Waals surface area contributed by atoms with E-state index >= 15 is 0 Å². The van der Waals surface area contributed by atoms with E-state index in [1.807, 2.05) is 0 Å². The van der Waals surface area contributed by atoms with Crippen molar-refractivity contribution in [3.8, 4) is 0 Å². The van der Waals surface area contributed by atoms with Crippen LogP contribution >= 0.6 is 34.8 Å². The molecule has 0 bridgehead atoms. The number of fused-ring (bicyclic) bond motifs is 1. The van der Waals surface area contributed by atoms with Gasteiger partial charge in [0.25, 0.3) is 11.8 Å². The van der Waals surface area contributed by atoms with Gasteiger partial charge < -0.3 is 9.47 Å². The summed E-state index contributed by atoms with van der Waals surface area (Å²) in [5, 5.41) is 2.23. The van der Waals surface area contributed by atoms with Crippen LogP contribution in [0, 0.1) is 0 Å². The summed E-state index contributed by atoms with van der Waals surface area (Å²) in [7, 11) is 0. The number of halogens is 3. The summed E-state index contributed by atoms with van der Waals surface area (Å²) in [6.45, 7) is 2.78. The first-order chi connectivity index (χ1) is 11.6. The van der Waals surface area contributed by atoms with E-state index in [4.69, 9.17) is 44.3 Å². The highest BCUT2D eigenvalue weighted by molar-refractivity contribution is 6.68. The molecule has 0 spiro atoms. The maximum absolute atomic E-state index is 12.3. The second-order valence-corrected chi connectivity index (χ2v) is 7.77. The molecule has 2 rings (SSSR count). The molecule has 1 aliphatic heterocycles. The molecular weight excluding hydrogens is 395 g/mol. The van der Waals surface area contributed by atoms with Gasteiger partial charge in [0, 0.05) is 0 Å². The van der Waals surface area contributed by atoms with Crippen LogP contribution in [0.3, 0.4) is 0 Å². The summed E-state index contributed by atoms with van der Waals surface area (Å²) < 4.78 is 8.13. The molecule has 25 heavy (non-hydrogen) atoms. The molecule has 1 aliphatic rings. The third kappa shape index (κ3) is 4.76. The Balaban J connectivity index is 2.05. The Kier molecular flexibility index (Phi) is 6.16. The molecule has 0 fully saturated rings. The number of benzene rings is 1. The third-order valence-electron chi connectivity index (χ3n) is 3.14. The van der Waals surface area contributed by atoms with Crippen molar-refractivity contribution in [3.05, 3.63) is 35.4 Å². The molecule has 0 aromatic heterocycles. The first kappa shape index (κ1) is 19.8. The lowest BCUT2D eigenvalue weighted by atomic mass is 10.1. The third-order valence-corrected chi connectivity index (χ3v) is 3.73. The smallest absolute Gasteiger partial charge is 0.409 e. The summed E-state index contributed by atoms with van der Waals surface area (Å²) in [5.41, 5.74) is 0.516. The topological polar surface area (TPSA) is 84.9 Å². The van der Waals surface area contributed by atoms with Crippen LogP contribution in [0.25, 0.3) is 0 Å². The second kappa shape index (κ2) is 7.78. The maximum atomic E-state index is 12.3. The minimum absolute atomic E-state index is 0.258. The zero-order valence-electron chi connectivity index (χ0n) is 13.3. The van der Waals surface area contributed by atoms with E-state index in [0.717, 1.165) is 4.90 Å². The number of hydrogen-bond donors (Lipinski definition) is 1. The number of alkyl halides is 3. The van der Waals surface area contributed by atoms with Crippen molar-refractivity contribution in [1.29, 1.82) is 0 Å². The van der Waals surface area contributed by atoms with Gasteiger partial charge in [-0.15, -0.1) is 0 Å². The molecule has 1 N–H and O–H groups in total. The highest BCUT2D eigenvalue weighted by atomic mass is 35.6. The van der Waals surface area contributed by atoms with Crippen molar-refractivity contribution in [2.75, 3.05) is 6.73 Å². The van der Waals surface area contributed by atoms with Crippen LogP contribution in [0.1, 0.15) is 34.6 Å². The lowest BCUT2D eigenvalue weighted by Gasteiger charge is -2.27. The molecule has 136 valence electrons. The standard InChI is InChI=1S/C15H15Cl3N2O5/c1-8(2)25-14(23)19-13(15(16,17)18)24-7-20-11(21)9-5-3-4-6-10(9)12(20)22/h3-6,8,13H,7H2,1-2H3,(H,19,23). The Morgan fingerprint density at radius 1 is 1.16 bits per heavy atom. The van der Waals surface area contributed by atoms with Gasteiger partial charge in [-0.25, -0.2) is 9.69 Å². The Morgan fingerprint density at radius 3 is 2.12 bits per heavy atom. The van der Waals surface area contributed by atoms with Gasteiger partial charge in [-0.2, -0.15) is 0 Å². The van der Waals surface area contributed by atoms with Gasteiger partial charge in [0.15, 0.2) is 6.23 Å². The van der Waals surface area contributed by atoms with Crippen LogP contribution < -0.4 is 5.32 Å². The average molecular weight is 410 g/mol. The average Bonchev–Trinajstić information content (AvgIpc) is 2.74. The van der Waals surface area contributed by atoms with Crippen molar-refractivity contribution in [2.45, 2.75) is 30.0 Å². The summed E-state index contributed by atoms with van der Waals surface area (Å²) >= 11 is 17.3. The lowest BCUT2D eigenvalue weighted by Crippen LogP contribution is -2.48. The number of hydrogen-bond acceptors (Lipinski definition) is 5. The van der Waals surface area contributed by atoms with Gasteiger partial charge in [0.1, 0.15) is 6.73 Å². The number of ether oxygens (including phenoxy) is 2. The molecule has 1 unspecified atom stereocenters. The molecule has 1 aromatic carbocycles. The minimum atomic E-state index is -2.05. The number of imide groups is 1. The van der Waals surface area contributed by atoms with Crippen LogP contribution in [0.2, 0.25) is 0 Å². The largest absolute Gasteiger partial charge is 0.447 e. The Labute approximate surface area is 159 Å². The van der Waals surface area contributed by atoms with Gasteiger partial charge in [-0.05, 0) is 26.0 Å². The number of alkyl carbamates (subject to hydrolysis) is 1. The number of rotatable bonds is 5. The summed E-state index contributed by atoms with van der Waals surface area (Å²) in [5.74, 6) is -1.07. The number of amides is 3. The predicted molar refractivity (Wildman–Crippen MR) is 91.7 cm³/mol. The number of nitrogens with zero attached hydrogens (tertiary/aromatic N) is 1. The fourth-order valence-corrected chi connectivity index (χ4v) is 2.43. The number of nitrogens with one attached hydrogen (secondary N) is 1. The van der Waals surface area contributed by atoms with Gasteiger partial charge >= 0.3 is 6.09 Å². The molecule has 0 saturated carbocycles. The Bertz CT molecular complexity index is 655. The molecule has 1 atom stereocenters.